The molecule has 168 valence electrons. The van der Waals surface area contributed by atoms with Crippen LogP contribution in [0.25, 0.3) is 22.3 Å². The molecule has 5 rings (SSSR count). The zero-order valence-corrected chi connectivity index (χ0v) is 19.0. The fraction of sp³-hybridized carbons (Fsp3) is 0.348. The fourth-order valence-electron chi connectivity index (χ4n) is 4.45. The maximum absolute atomic E-state index is 13.6. The van der Waals surface area contributed by atoms with E-state index in [0.717, 1.165) is 34.5 Å². The summed E-state index contributed by atoms with van der Waals surface area (Å²) in [5.41, 5.74) is 3.66. The average Bonchev–Trinajstić information content (AvgIpc) is 3.36. The number of benzene rings is 2. The highest BCUT2D eigenvalue weighted by atomic mass is 32.2. The minimum atomic E-state index is -3.47. The van der Waals surface area contributed by atoms with E-state index < -0.39 is 10.0 Å². The second-order valence-electron chi connectivity index (χ2n) is 8.37. The Balaban J connectivity index is 1.81. The molecule has 0 bridgehead atoms. The van der Waals surface area contributed by atoms with Crippen molar-refractivity contribution in [3.8, 4) is 11.3 Å². The summed E-state index contributed by atoms with van der Waals surface area (Å²) in [5.74, 6) is 0.993. The van der Waals surface area contributed by atoms with Gasteiger partial charge in [-0.05, 0) is 49.9 Å². The summed E-state index contributed by atoms with van der Waals surface area (Å²) in [6.07, 6.45) is 1.23. The number of sulfonamides is 1. The Morgan fingerprint density at radius 3 is 2.59 bits per heavy atom. The average molecular weight is 457 g/mol. The molecule has 0 saturated carbocycles. The smallest absolute Gasteiger partial charge is 0.232 e. The normalized spacial score (nSPS) is 19.6. The number of anilines is 1. The van der Waals surface area contributed by atoms with E-state index in [9.17, 15) is 12.8 Å². The van der Waals surface area contributed by atoms with E-state index in [4.69, 9.17) is 4.42 Å². The van der Waals surface area contributed by atoms with Crippen molar-refractivity contribution in [3.05, 3.63) is 53.3 Å². The number of furan rings is 1. The molecule has 0 saturated heterocycles. The number of fused-ring (bicyclic) bond motifs is 2. The van der Waals surface area contributed by atoms with Crippen molar-refractivity contribution in [1.82, 2.24) is 10.2 Å². The van der Waals surface area contributed by atoms with Gasteiger partial charge in [-0.2, -0.15) is 0 Å². The molecule has 0 amide bonds. The molecule has 2 aromatic carbocycles. The maximum Gasteiger partial charge on any atom is 0.232 e. The topological polar surface area (TPSA) is 78.1 Å². The Morgan fingerprint density at radius 1 is 1.19 bits per heavy atom. The molecule has 0 fully saturated rings. The second kappa shape index (κ2) is 7.60. The molecule has 0 spiro atoms. The third-order valence-corrected chi connectivity index (χ3v) is 7.47. The van der Waals surface area contributed by atoms with Crippen molar-refractivity contribution in [2.75, 3.05) is 43.8 Å². The predicted molar refractivity (Wildman–Crippen MR) is 124 cm³/mol. The first-order valence-electron chi connectivity index (χ1n) is 10.6. The minimum Gasteiger partial charge on any atom is -0.455 e. The van der Waals surface area contributed by atoms with Gasteiger partial charge < -0.3 is 9.73 Å². The molecule has 9 heteroatoms. The lowest BCUT2D eigenvalue weighted by atomic mass is 9.99. The molecule has 7 nitrogen and oxygen atoms in total. The van der Waals surface area contributed by atoms with E-state index in [2.05, 4.69) is 22.1 Å². The zero-order chi connectivity index (χ0) is 22.6. The van der Waals surface area contributed by atoms with E-state index in [1.165, 1.54) is 22.7 Å². The van der Waals surface area contributed by atoms with Crippen LogP contribution in [0, 0.1) is 5.82 Å². The van der Waals surface area contributed by atoms with Gasteiger partial charge in [-0.25, -0.2) is 12.8 Å². The van der Waals surface area contributed by atoms with Crippen LogP contribution in [0.4, 0.5) is 10.1 Å². The molecule has 2 aliphatic rings. The van der Waals surface area contributed by atoms with Gasteiger partial charge in [0.05, 0.1) is 24.1 Å². The van der Waals surface area contributed by atoms with Crippen LogP contribution in [-0.2, 0) is 10.0 Å². The van der Waals surface area contributed by atoms with Crippen LogP contribution in [0.2, 0.25) is 0 Å². The Labute approximate surface area is 186 Å². The number of hydrogen-bond donors (Lipinski definition) is 1. The van der Waals surface area contributed by atoms with Gasteiger partial charge in [0.2, 0.25) is 10.0 Å². The molecular formula is C23H25FN4O3S. The molecule has 0 radical (unpaired) electrons. The molecule has 0 aliphatic carbocycles. The number of nitrogens with one attached hydrogen (secondary N) is 1. The number of likely N-dealkylation sites (N-methyl/N-ethyl adjacent to an activating group) is 1. The van der Waals surface area contributed by atoms with Gasteiger partial charge in [-0.15, -0.1) is 0 Å². The predicted octanol–water partition coefficient (Wildman–Crippen LogP) is 3.36. The Bertz CT molecular complexity index is 1330. The van der Waals surface area contributed by atoms with Crippen LogP contribution < -0.4 is 9.62 Å². The van der Waals surface area contributed by atoms with Crippen molar-refractivity contribution in [3.63, 3.8) is 0 Å². The summed E-state index contributed by atoms with van der Waals surface area (Å²) in [5, 5.41) is 4.17. The first kappa shape index (κ1) is 21.0. The molecule has 3 aromatic rings. The van der Waals surface area contributed by atoms with Crippen LogP contribution in [0.5, 0.6) is 0 Å². The molecule has 32 heavy (non-hydrogen) atoms. The number of rotatable bonds is 3. The van der Waals surface area contributed by atoms with Gasteiger partial charge in [0.15, 0.2) is 0 Å². The van der Waals surface area contributed by atoms with Crippen molar-refractivity contribution < 1.29 is 17.2 Å². The third kappa shape index (κ3) is 3.45. The Kier molecular flexibility index (Phi) is 4.98. The number of nitrogens with zero attached hydrogens (tertiary/aromatic N) is 3. The minimum absolute atomic E-state index is 0.0108. The zero-order valence-electron chi connectivity index (χ0n) is 18.2. The van der Waals surface area contributed by atoms with Crippen molar-refractivity contribution >= 4 is 32.5 Å². The van der Waals surface area contributed by atoms with Gasteiger partial charge in [0, 0.05) is 42.7 Å². The monoisotopic (exact) mass is 456 g/mol. The number of amidine groups is 1. The highest BCUT2D eigenvalue weighted by Crippen LogP contribution is 2.41. The molecule has 2 aliphatic heterocycles. The van der Waals surface area contributed by atoms with E-state index in [-0.39, 0.29) is 11.9 Å². The molecule has 3 heterocycles. The van der Waals surface area contributed by atoms with Gasteiger partial charge in [-0.3, -0.25) is 14.2 Å². The lowest BCUT2D eigenvalue weighted by Crippen LogP contribution is -2.34. The maximum atomic E-state index is 13.6. The first-order valence-corrected chi connectivity index (χ1v) is 12.4. The summed E-state index contributed by atoms with van der Waals surface area (Å²) in [6.45, 7) is 4.45. The number of hydrogen-bond acceptors (Lipinski definition) is 6. The molecular weight excluding hydrogens is 431 g/mol. The number of aliphatic imine (C=N–C) groups is 1. The van der Waals surface area contributed by atoms with Gasteiger partial charge in [0.1, 0.15) is 23.0 Å². The van der Waals surface area contributed by atoms with Crippen LogP contribution >= 0.6 is 0 Å². The first-order chi connectivity index (χ1) is 15.2. The van der Waals surface area contributed by atoms with Gasteiger partial charge in [-0.1, -0.05) is 0 Å². The fourth-order valence-corrected chi connectivity index (χ4v) is 5.38. The third-order valence-electron chi connectivity index (χ3n) is 6.29. The SMILES string of the molecule is CC1c2cc3c(C4=NCCN4)c(-c4ccc(F)cc4)oc3cc2N(S(C)(=O)=O)CCN1C. The van der Waals surface area contributed by atoms with Crippen LogP contribution in [-0.4, -0.2) is 58.6 Å². The van der Waals surface area contributed by atoms with Crippen LogP contribution in [0.1, 0.15) is 24.1 Å². The van der Waals surface area contributed by atoms with Crippen molar-refractivity contribution in [2.24, 2.45) is 4.99 Å². The van der Waals surface area contributed by atoms with Crippen LogP contribution in [0.3, 0.4) is 0 Å². The van der Waals surface area contributed by atoms with E-state index >= 15 is 0 Å². The summed E-state index contributed by atoms with van der Waals surface area (Å²) in [6, 6.07) is 9.99. The van der Waals surface area contributed by atoms with Gasteiger partial charge >= 0.3 is 0 Å². The van der Waals surface area contributed by atoms with Crippen molar-refractivity contribution in [1.29, 1.82) is 0 Å². The Hall–Kier alpha value is -2.91. The highest BCUT2D eigenvalue weighted by molar-refractivity contribution is 7.92. The summed E-state index contributed by atoms with van der Waals surface area (Å²) in [4.78, 5) is 6.75. The van der Waals surface area contributed by atoms with E-state index in [1.54, 1.807) is 12.1 Å². The van der Waals surface area contributed by atoms with E-state index in [0.29, 0.717) is 36.7 Å². The van der Waals surface area contributed by atoms with Crippen molar-refractivity contribution in [2.45, 2.75) is 13.0 Å². The summed E-state index contributed by atoms with van der Waals surface area (Å²) < 4.78 is 46.5. The quantitative estimate of drug-likeness (QED) is 0.654. The molecule has 1 aromatic heterocycles. The lowest BCUT2D eigenvalue weighted by Gasteiger charge is -2.23. The highest BCUT2D eigenvalue weighted by Gasteiger charge is 2.31. The molecule has 1 atom stereocenters. The molecule has 1 unspecified atom stereocenters. The van der Waals surface area contributed by atoms with E-state index in [1.807, 2.05) is 19.2 Å². The standard InChI is InChI=1S/C23H25FN4O3S/c1-14-17-12-18-20(13-19(17)28(32(3,29)30)11-10-27(14)2)31-22(15-4-6-16(24)7-5-15)21(18)23-25-8-9-26-23/h4-7,12-14H,8-11H2,1-3H3,(H,25,26). The van der Waals surface area contributed by atoms with Crippen LogP contribution in [0.15, 0.2) is 45.8 Å². The Morgan fingerprint density at radius 2 is 1.94 bits per heavy atom. The second-order valence-corrected chi connectivity index (χ2v) is 10.3. The number of halogens is 1. The summed E-state index contributed by atoms with van der Waals surface area (Å²) >= 11 is 0. The lowest BCUT2D eigenvalue weighted by molar-refractivity contribution is 0.276. The molecule has 1 N–H and O–H groups in total. The van der Waals surface area contributed by atoms with Gasteiger partial charge in [0.25, 0.3) is 0 Å². The largest absolute Gasteiger partial charge is 0.455 e. The summed E-state index contributed by atoms with van der Waals surface area (Å²) in [7, 11) is -1.47.